The van der Waals surface area contributed by atoms with Gasteiger partial charge in [-0.1, -0.05) is 36.4 Å². The average molecular weight is 170 g/mol. The molecule has 2 aromatic rings. The van der Waals surface area contributed by atoms with E-state index < -0.39 is 0 Å². The van der Waals surface area contributed by atoms with Gasteiger partial charge in [0.1, 0.15) is 5.82 Å². The van der Waals surface area contributed by atoms with Crippen molar-refractivity contribution in [2.24, 2.45) is 0 Å². The predicted molar refractivity (Wildman–Crippen MR) is 50.8 cm³/mol. The second-order valence-electron chi connectivity index (χ2n) is 3.21. The van der Waals surface area contributed by atoms with Crippen LogP contribution in [-0.4, -0.2) is 0 Å². The van der Waals surface area contributed by atoms with E-state index in [-0.39, 0.29) is 5.82 Å². The van der Waals surface area contributed by atoms with Crippen molar-refractivity contribution in [1.82, 2.24) is 0 Å². The highest BCUT2D eigenvalue weighted by Gasteiger charge is 2.24. The van der Waals surface area contributed by atoms with Gasteiger partial charge in [-0.25, -0.2) is 4.39 Å². The molecule has 0 bridgehead atoms. The molecule has 0 unspecified atom stereocenters. The monoisotopic (exact) mass is 170 g/mol. The Kier molecular flexibility index (Phi) is 1.15. The number of hydrogen-bond donors (Lipinski definition) is 0. The molecule has 2 aromatic carbocycles. The van der Waals surface area contributed by atoms with Crippen LogP contribution < -0.4 is 0 Å². The molecule has 1 aliphatic rings. The zero-order valence-electron chi connectivity index (χ0n) is 6.92. The molecule has 0 radical (unpaired) electrons. The van der Waals surface area contributed by atoms with E-state index in [1.54, 1.807) is 6.07 Å². The Morgan fingerprint density at radius 1 is 0.692 bits per heavy atom. The molecule has 1 aliphatic carbocycles. The third-order valence-electron chi connectivity index (χ3n) is 2.50. The van der Waals surface area contributed by atoms with Crippen molar-refractivity contribution in [3.05, 3.63) is 48.3 Å². The molecule has 0 amide bonds. The van der Waals surface area contributed by atoms with Gasteiger partial charge in [-0.2, -0.15) is 0 Å². The molecule has 0 nitrogen and oxygen atoms in total. The average Bonchev–Trinajstić information content (AvgIpc) is 2.14. The Hall–Kier alpha value is -1.63. The number of fused-ring (bicyclic) bond motifs is 4. The highest BCUT2D eigenvalue weighted by molar-refractivity contribution is 6.02. The van der Waals surface area contributed by atoms with Gasteiger partial charge >= 0.3 is 0 Å². The fourth-order valence-corrected chi connectivity index (χ4v) is 1.90. The molecule has 0 spiro atoms. The maximum Gasteiger partial charge on any atom is 0.131 e. The topological polar surface area (TPSA) is 0 Å². The van der Waals surface area contributed by atoms with Gasteiger partial charge in [0.15, 0.2) is 0 Å². The summed E-state index contributed by atoms with van der Waals surface area (Å²) in [6.45, 7) is 0. The minimum Gasteiger partial charge on any atom is -0.206 e. The lowest BCUT2D eigenvalue weighted by atomic mass is 9.80. The summed E-state index contributed by atoms with van der Waals surface area (Å²) in [5.41, 5.74) is 4.02. The Morgan fingerprint density at radius 3 is 2.23 bits per heavy atom. The molecule has 13 heavy (non-hydrogen) atoms. The molecule has 0 heterocycles. The van der Waals surface area contributed by atoms with Gasteiger partial charge in [-0.3, -0.25) is 0 Å². The fraction of sp³-hybridized carbons (Fsp3) is 0. The summed E-state index contributed by atoms with van der Waals surface area (Å²) in [5.74, 6) is -0.115. The van der Waals surface area contributed by atoms with Gasteiger partial charge < -0.3 is 0 Å². The lowest BCUT2D eigenvalue weighted by Gasteiger charge is -2.23. The van der Waals surface area contributed by atoms with Crippen LogP contribution in [0.5, 0.6) is 0 Å². The fourth-order valence-electron chi connectivity index (χ4n) is 1.90. The molecule has 1 heteroatoms. The van der Waals surface area contributed by atoms with Crippen LogP contribution in [0.3, 0.4) is 0 Å². The number of halogens is 1. The van der Waals surface area contributed by atoms with Gasteiger partial charge in [0.2, 0.25) is 0 Å². The predicted octanol–water partition coefficient (Wildman–Crippen LogP) is 3.47. The van der Waals surface area contributed by atoms with Crippen LogP contribution in [-0.2, 0) is 0 Å². The van der Waals surface area contributed by atoms with Crippen LogP contribution in [0.4, 0.5) is 4.39 Å². The SMILES string of the molecule is Fc1cccc2c1-c1ccccc1-2. The third-order valence-corrected chi connectivity index (χ3v) is 2.50. The summed E-state index contributed by atoms with van der Waals surface area (Å²) in [6, 6.07) is 13.1. The second-order valence-corrected chi connectivity index (χ2v) is 3.21. The van der Waals surface area contributed by atoms with Gasteiger partial charge in [0.25, 0.3) is 0 Å². The first-order valence-corrected chi connectivity index (χ1v) is 4.26. The lowest BCUT2D eigenvalue weighted by molar-refractivity contribution is 0.630. The van der Waals surface area contributed by atoms with E-state index >= 15 is 0 Å². The molecule has 0 saturated heterocycles. The number of rotatable bonds is 0. The molecule has 0 aliphatic heterocycles. The quantitative estimate of drug-likeness (QED) is 0.484. The minimum atomic E-state index is -0.115. The molecular formula is C12H7F. The Balaban J connectivity index is 2.35. The van der Waals surface area contributed by atoms with E-state index in [1.165, 1.54) is 6.07 Å². The summed E-state index contributed by atoms with van der Waals surface area (Å²) in [5, 5.41) is 0. The summed E-state index contributed by atoms with van der Waals surface area (Å²) >= 11 is 0. The van der Waals surface area contributed by atoms with Crippen molar-refractivity contribution in [2.45, 2.75) is 0 Å². The minimum absolute atomic E-state index is 0.115. The summed E-state index contributed by atoms with van der Waals surface area (Å²) in [7, 11) is 0. The van der Waals surface area contributed by atoms with E-state index in [9.17, 15) is 4.39 Å². The Morgan fingerprint density at radius 2 is 1.38 bits per heavy atom. The van der Waals surface area contributed by atoms with E-state index in [0.29, 0.717) is 0 Å². The van der Waals surface area contributed by atoms with E-state index in [2.05, 4.69) is 0 Å². The van der Waals surface area contributed by atoms with Crippen molar-refractivity contribution in [3.8, 4) is 22.3 Å². The van der Waals surface area contributed by atoms with E-state index in [0.717, 1.165) is 22.3 Å². The summed E-state index contributed by atoms with van der Waals surface area (Å²) in [6.07, 6.45) is 0. The van der Waals surface area contributed by atoms with E-state index in [1.807, 2.05) is 30.3 Å². The zero-order chi connectivity index (χ0) is 8.84. The Labute approximate surface area is 75.6 Å². The molecule has 3 rings (SSSR count). The van der Waals surface area contributed by atoms with Gasteiger partial charge in [0.05, 0.1) is 0 Å². The maximum atomic E-state index is 13.3. The molecule has 62 valence electrons. The van der Waals surface area contributed by atoms with Crippen molar-refractivity contribution < 1.29 is 4.39 Å². The number of benzene rings is 2. The Bertz CT molecular complexity index is 486. The van der Waals surface area contributed by atoms with Crippen LogP contribution >= 0.6 is 0 Å². The van der Waals surface area contributed by atoms with Crippen molar-refractivity contribution in [3.63, 3.8) is 0 Å². The van der Waals surface area contributed by atoms with Crippen LogP contribution in [0.1, 0.15) is 0 Å². The molecule has 0 atom stereocenters. The second kappa shape index (κ2) is 2.19. The first kappa shape index (κ1) is 6.84. The molecule has 0 N–H and O–H groups in total. The standard InChI is InChI=1S/C12H7F/c13-11-7-3-6-10-8-4-1-2-5-9(8)12(10)11/h1-7H. The van der Waals surface area contributed by atoms with Gasteiger partial charge in [0, 0.05) is 5.56 Å². The first-order chi connectivity index (χ1) is 6.38. The molecular weight excluding hydrogens is 163 g/mol. The highest BCUT2D eigenvalue weighted by Crippen LogP contribution is 2.47. The van der Waals surface area contributed by atoms with Crippen molar-refractivity contribution in [1.29, 1.82) is 0 Å². The molecule has 0 aromatic heterocycles. The largest absolute Gasteiger partial charge is 0.206 e. The van der Waals surface area contributed by atoms with Crippen LogP contribution in [0, 0.1) is 5.82 Å². The normalized spacial score (nSPS) is 11.5. The smallest absolute Gasteiger partial charge is 0.131 e. The lowest BCUT2D eigenvalue weighted by Crippen LogP contribution is -2.00. The van der Waals surface area contributed by atoms with E-state index in [4.69, 9.17) is 0 Å². The molecule has 0 saturated carbocycles. The van der Waals surface area contributed by atoms with Crippen molar-refractivity contribution in [2.75, 3.05) is 0 Å². The van der Waals surface area contributed by atoms with Gasteiger partial charge in [-0.05, 0) is 22.8 Å². The summed E-state index contributed by atoms with van der Waals surface area (Å²) in [4.78, 5) is 0. The van der Waals surface area contributed by atoms with Gasteiger partial charge in [-0.15, -0.1) is 0 Å². The maximum absolute atomic E-state index is 13.3. The van der Waals surface area contributed by atoms with Crippen LogP contribution in [0.2, 0.25) is 0 Å². The van der Waals surface area contributed by atoms with Crippen molar-refractivity contribution >= 4 is 0 Å². The van der Waals surface area contributed by atoms with Crippen LogP contribution in [0.25, 0.3) is 22.3 Å². The number of hydrogen-bond acceptors (Lipinski definition) is 0. The zero-order valence-corrected chi connectivity index (χ0v) is 6.92. The highest BCUT2D eigenvalue weighted by atomic mass is 19.1. The summed E-state index contributed by atoms with van der Waals surface area (Å²) < 4.78 is 13.3. The molecule has 0 fully saturated rings. The first-order valence-electron chi connectivity index (χ1n) is 4.26. The van der Waals surface area contributed by atoms with Crippen LogP contribution in [0.15, 0.2) is 42.5 Å². The third kappa shape index (κ3) is 0.738.